The summed E-state index contributed by atoms with van der Waals surface area (Å²) in [5.41, 5.74) is 0.513. The van der Waals surface area contributed by atoms with Crippen LogP contribution in [0.25, 0.3) is 10.2 Å². The van der Waals surface area contributed by atoms with E-state index in [4.69, 9.17) is 4.98 Å². The van der Waals surface area contributed by atoms with E-state index in [0.717, 1.165) is 41.1 Å². The van der Waals surface area contributed by atoms with Gasteiger partial charge in [0.2, 0.25) is 10.0 Å². The van der Waals surface area contributed by atoms with E-state index < -0.39 is 10.0 Å². The predicted octanol–water partition coefficient (Wildman–Crippen LogP) is 3.31. The highest BCUT2D eigenvalue weighted by Gasteiger charge is 2.28. The number of thiophene rings is 1. The molecule has 4 heterocycles. The summed E-state index contributed by atoms with van der Waals surface area (Å²) in [6.45, 7) is 7.74. The first-order valence-corrected chi connectivity index (χ1v) is 14.0. The number of fused-ring (bicyclic) bond motifs is 1. The average Bonchev–Trinajstić information content (AvgIpc) is 3.54. The Morgan fingerprint density at radius 2 is 1.68 bits per heavy atom. The van der Waals surface area contributed by atoms with Crippen molar-refractivity contribution in [2.75, 3.05) is 44.2 Å². The van der Waals surface area contributed by atoms with Crippen molar-refractivity contribution in [2.45, 2.75) is 38.0 Å². The zero-order chi connectivity index (χ0) is 23.9. The maximum absolute atomic E-state index is 13.1. The van der Waals surface area contributed by atoms with Crippen LogP contribution in [0.15, 0.2) is 35.2 Å². The zero-order valence-electron chi connectivity index (χ0n) is 19.5. The molecule has 3 aromatic rings. The smallest absolute Gasteiger partial charge is 0.253 e. The highest BCUT2D eigenvalue weighted by Crippen LogP contribution is 2.32. The fourth-order valence-electron chi connectivity index (χ4n) is 4.63. The van der Waals surface area contributed by atoms with Crippen molar-refractivity contribution < 1.29 is 13.2 Å². The Kier molecular flexibility index (Phi) is 6.30. The van der Waals surface area contributed by atoms with Gasteiger partial charge < -0.3 is 9.80 Å². The fourth-order valence-corrected chi connectivity index (χ4v) is 7.15. The number of nitrogens with zero attached hydrogens (tertiary/aromatic N) is 5. The van der Waals surface area contributed by atoms with Crippen LogP contribution in [0, 0.1) is 6.92 Å². The molecule has 2 saturated heterocycles. The van der Waals surface area contributed by atoms with Crippen LogP contribution in [0.4, 0.5) is 5.82 Å². The third kappa shape index (κ3) is 4.30. The maximum atomic E-state index is 13.1. The summed E-state index contributed by atoms with van der Waals surface area (Å²) in [5, 5.41) is 1.09. The quantitative estimate of drug-likeness (QED) is 0.535. The van der Waals surface area contributed by atoms with E-state index in [2.05, 4.69) is 22.9 Å². The second-order valence-electron chi connectivity index (χ2n) is 8.79. The number of piperazine rings is 1. The number of hydrogen-bond donors (Lipinski definition) is 0. The van der Waals surface area contributed by atoms with Gasteiger partial charge in [-0.15, -0.1) is 11.3 Å². The van der Waals surface area contributed by atoms with E-state index in [1.165, 1.54) is 9.18 Å². The summed E-state index contributed by atoms with van der Waals surface area (Å²) in [4.78, 5) is 29.0. The Hall–Kier alpha value is -2.56. The third-order valence-electron chi connectivity index (χ3n) is 6.55. The number of sulfonamides is 1. The number of rotatable bonds is 5. The second kappa shape index (κ2) is 9.24. The molecule has 2 aliphatic rings. The molecule has 0 spiro atoms. The Labute approximate surface area is 204 Å². The molecule has 5 rings (SSSR count). The van der Waals surface area contributed by atoms with Crippen molar-refractivity contribution in [2.24, 2.45) is 0 Å². The van der Waals surface area contributed by atoms with Gasteiger partial charge in [-0.1, -0.05) is 6.92 Å². The van der Waals surface area contributed by atoms with Crippen LogP contribution in [0.2, 0.25) is 0 Å². The van der Waals surface area contributed by atoms with Crippen LogP contribution in [0.3, 0.4) is 0 Å². The Balaban J connectivity index is 1.28. The van der Waals surface area contributed by atoms with Crippen molar-refractivity contribution in [3.8, 4) is 0 Å². The van der Waals surface area contributed by atoms with E-state index in [-0.39, 0.29) is 10.8 Å². The molecule has 8 nitrogen and oxygen atoms in total. The van der Waals surface area contributed by atoms with Gasteiger partial charge in [0.05, 0.1) is 10.3 Å². The fraction of sp³-hybridized carbons (Fsp3) is 0.458. The first-order chi connectivity index (χ1) is 16.4. The lowest BCUT2D eigenvalue weighted by atomic mass is 10.1. The number of benzene rings is 1. The minimum absolute atomic E-state index is 0.0717. The number of anilines is 1. The largest absolute Gasteiger partial charge is 0.352 e. The molecule has 0 N–H and O–H groups in total. The molecule has 2 fully saturated rings. The van der Waals surface area contributed by atoms with Crippen molar-refractivity contribution in [1.82, 2.24) is 19.2 Å². The number of amides is 1. The Morgan fingerprint density at radius 1 is 1.00 bits per heavy atom. The molecule has 2 aliphatic heterocycles. The summed E-state index contributed by atoms with van der Waals surface area (Å²) >= 11 is 1.71. The SMILES string of the molecule is CCc1cc2c(N3CCN(C(=O)c4ccc(S(=O)(=O)N5CCCC5)cc4)CC3)nc(C)nc2s1. The van der Waals surface area contributed by atoms with Gasteiger partial charge in [-0.25, -0.2) is 18.4 Å². The minimum Gasteiger partial charge on any atom is -0.352 e. The van der Waals surface area contributed by atoms with E-state index in [1.54, 1.807) is 35.6 Å². The van der Waals surface area contributed by atoms with Crippen molar-refractivity contribution >= 4 is 43.3 Å². The molecule has 0 aliphatic carbocycles. The number of carbonyl (C=O) groups is 1. The maximum Gasteiger partial charge on any atom is 0.253 e. The molecule has 180 valence electrons. The van der Waals surface area contributed by atoms with E-state index in [0.29, 0.717) is 44.8 Å². The van der Waals surface area contributed by atoms with Crippen LogP contribution >= 0.6 is 11.3 Å². The van der Waals surface area contributed by atoms with Gasteiger partial charge in [-0.3, -0.25) is 4.79 Å². The van der Waals surface area contributed by atoms with Gasteiger partial charge >= 0.3 is 0 Å². The number of carbonyl (C=O) groups excluding carboxylic acids is 1. The molecule has 2 aromatic heterocycles. The van der Waals surface area contributed by atoms with E-state index in [1.807, 2.05) is 11.8 Å². The van der Waals surface area contributed by atoms with Crippen LogP contribution < -0.4 is 4.90 Å². The van der Waals surface area contributed by atoms with Crippen LogP contribution in [0.1, 0.15) is 40.8 Å². The van der Waals surface area contributed by atoms with Gasteiger partial charge in [-0.05, 0) is 56.5 Å². The summed E-state index contributed by atoms with van der Waals surface area (Å²) in [6.07, 6.45) is 2.77. The summed E-state index contributed by atoms with van der Waals surface area (Å²) in [5.74, 6) is 1.63. The molecule has 0 bridgehead atoms. The molecule has 10 heteroatoms. The zero-order valence-corrected chi connectivity index (χ0v) is 21.2. The highest BCUT2D eigenvalue weighted by atomic mass is 32.2. The van der Waals surface area contributed by atoms with Crippen LogP contribution in [0.5, 0.6) is 0 Å². The molecular weight excluding hydrogens is 470 g/mol. The van der Waals surface area contributed by atoms with Crippen LogP contribution in [-0.4, -0.2) is 72.8 Å². The van der Waals surface area contributed by atoms with Gasteiger partial charge in [-0.2, -0.15) is 4.31 Å². The summed E-state index contributed by atoms with van der Waals surface area (Å²) in [7, 11) is -3.48. The topological polar surface area (TPSA) is 86.7 Å². The first-order valence-electron chi connectivity index (χ1n) is 11.8. The first kappa shape index (κ1) is 23.2. The summed E-state index contributed by atoms with van der Waals surface area (Å²) in [6, 6.07) is 8.56. The highest BCUT2D eigenvalue weighted by molar-refractivity contribution is 7.89. The molecule has 0 unspecified atom stereocenters. The average molecular weight is 500 g/mol. The monoisotopic (exact) mass is 499 g/mol. The summed E-state index contributed by atoms with van der Waals surface area (Å²) < 4.78 is 27.0. The molecule has 1 aromatic carbocycles. The van der Waals surface area contributed by atoms with Gasteiger partial charge in [0.1, 0.15) is 16.5 Å². The van der Waals surface area contributed by atoms with Gasteiger partial charge in [0.15, 0.2) is 0 Å². The molecular formula is C24H29N5O3S2. The van der Waals surface area contributed by atoms with Crippen molar-refractivity contribution in [3.05, 3.63) is 46.6 Å². The molecule has 0 atom stereocenters. The second-order valence-corrected chi connectivity index (χ2v) is 11.8. The van der Waals surface area contributed by atoms with Crippen molar-refractivity contribution in [3.63, 3.8) is 0 Å². The van der Waals surface area contributed by atoms with Gasteiger partial charge in [0.25, 0.3) is 5.91 Å². The lowest BCUT2D eigenvalue weighted by Crippen LogP contribution is -2.49. The minimum atomic E-state index is -3.48. The predicted molar refractivity (Wildman–Crippen MR) is 134 cm³/mol. The van der Waals surface area contributed by atoms with Crippen molar-refractivity contribution in [1.29, 1.82) is 0 Å². The van der Waals surface area contributed by atoms with Gasteiger partial charge in [0, 0.05) is 49.7 Å². The number of hydrogen-bond acceptors (Lipinski definition) is 7. The normalized spacial score (nSPS) is 17.6. The Bertz CT molecular complexity index is 1310. The third-order valence-corrected chi connectivity index (χ3v) is 9.64. The van der Waals surface area contributed by atoms with Crippen LogP contribution in [-0.2, 0) is 16.4 Å². The Morgan fingerprint density at radius 3 is 2.32 bits per heavy atom. The lowest BCUT2D eigenvalue weighted by Gasteiger charge is -2.35. The molecule has 0 saturated carbocycles. The van der Waals surface area contributed by atoms with E-state index in [9.17, 15) is 13.2 Å². The number of aryl methyl sites for hydroxylation is 2. The molecule has 34 heavy (non-hydrogen) atoms. The molecule has 0 radical (unpaired) electrons. The number of aromatic nitrogens is 2. The molecule has 1 amide bonds. The van der Waals surface area contributed by atoms with E-state index >= 15 is 0 Å². The standard InChI is InChI=1S/C24H29N5O3S2/c1-3-19-16-21-22(25-17(2)26-23(21)33-19)27-12-14-28(15-13-27)24(30)18-6-8-20(9-7-18)34(31,32)29-10-4-5-11-29/h6-9,16H,3-5,10-15H2,1-2H3. The lowest BCUT2D eigenvalue weighted by molar-refractivity contribution is 0.0746.